The van der Waals surface area contributed by atoms with Crippen LogP contribution in [0.1, 0.15) is 26.2 Å². The smallest absolute Gasteiger partial charge is 0.174 e. The zero-order chi connectivity index (χ0) is 15.2. The molecule has 0 N–H and O–H groups in total. The van der Waals surface area contributed by atoms with Gasteiger partial charge in [0.05, 0.1) is 5.71 Å². The van der Waals surface area contributed by atoms with Crippen molar-refractivity contribution in [2.45, 2.75) is 32.3 Å². The molecule has 2 heterocycles. The van der Waals surface area contributed by atoms with Gasteiger partial charge >= 0.3 is 0 Å². The maximum Gasteiger partial charge on any atom is 0.174 e. The van der Waals surface area contributed by atoms with E-state index in [0.717, 1.165) is 23.8 Å². The normalized spacial score (nSPS) is 22.4. The van der Waals surface area contributed by atoms with E-state index >= 15 is 0 Å². The van der Waals surface area contributed by atoms with Gasteiger partial charge < -0.3 is 14.3 Å². The van der Waals surface area contributed by atoms with Crippen molar-refractivity contribution in [1.82, 2.24) is 4.90 Å². The second-order valence-electron chi connectivity index (χ2n) is 5.83. The standard InChI is InChI=1S/C17H24N2O3/c1-14(18-21-12-11-19-9-5-2-6-10-19)17-13-20-15-7-3-4-8-16(15)22-17/h3-4,7-8,17H,2,5-6,9-13H2,1H3/b18-14+. The molecule has 0 radical (unpaired) electrons. The highest BCUT2D eigenvalue weighted by Gasteiger charge is 2.23. The molecule has 1 unspecified atom stereocenters. The van der Waals surface area contributed by atoms with E-state index in [9.17, 15) is 0 Å². The van der Waals surface area contributed by atoms with Crippen molar-refractivity contribution in [3.63, 3.8) is 0 Å². The summed E-state index contributed by atoms with van der Waals surface area (Å²) in [4.78, 5) is 7.89. The van der Waals surface area contributed by atoms with E-state index in [1.54, 1.807) is 0 Å². The molecule has 0 spiro atoms. The summed E-state index contributed by atoms with van der Waals surface area (Å²) < 4.78 is 11.6. The van der Waals surface area contributed by atoms with Crippen LogP contribution in [-0.4, -0.2) is 49.6 Å². The molecule has 1 aromatic rings. The summed E-state index contributed by atoms with van der Waals surface area (Å²) in [5, 5.41) is 4.19. The Balaban J connectivity index is 1.44. The molecule has 0 aromatic heterocycles. The van der Waals surface area contributed by atoms with Gasteiger partial charge in [0, 0.05) is 6.54 Å². The van der Waals surface area contributed by atoms with E-state index in [0.29, 0.717) is 13.2 Å². The lowest BCUT2D eigenvalue weighted by atomic mass is 10.1. The van der Waals surface area contributed by atoms with E-state index in [-0.39, 0.29) is 6.10 Å². The van der Waals surface area contributed by atoms with Gasteiger partial charge in [0.2, 0.25) is 0 Å². The number of nitrogens with zero attached hydrogens (tertiary/aromatic N) is 2. The zero-order valence-electron chi connectivity index (χ0n) is 13.2. The van der Waals surface area contributed by atoms with Gasteiger partial charge in [-0.15, -0.1) is 0 Å². The van der Waals surface area contributed by atoms with Gasteiger partial charge in [0.15, 0.2) is 17.6 Å². The molecule has 1 saturated heterocycles. The van der Waals surface area contributed by atoms with Gasteiger partial charge in [-0.2, -0.15) is 0 Å². The fourth-order valence-electron chi connectivity index (χ4n) is 2.78. The number of likely N-dealkylation sites (tertiary alicyclic amines) is 1. The fraction of sp³-hybridized carbons (Fsp3) is 0.588. The van der Waals surface area contributed by atoms with Crippen LogP contribution in [0.15, 0.2) is 29.4 Å². The molecule has 5 heteroatoms. The lowest BCUT2D eigenvalue weighted by molar-refractivity contribution is 0.0935. The van der Waals surface area contributed by atoms with E-state index in [1.165, 1.54) is 32.4 Å². The third-order valence-electron chi connectivity index (χ3n) is 4.13. The molecule has 2 aliphatic heterocycles. The van der Waals surface area contributed by atoms with E-state index in [1.807, 2.05) is 31.2 Å². The van der Waals surface area contributed by atoms with Crippen LogP contribution in [0.3, 0.4) is 0 Å². The highest BCUT2D eigenvalue weighted by molar-refractivity contribution is 5.86. The summed E-state index contributed by atoms with van der Waals surface area (Å²) >= 11 is 0. The van der Waals surface area contributed by atoms with Crippen LogP contribution in [0.5, 0.6) is 11.5 Å². The van der Waals surface area contributed by atoms with Crippen LogP contribution in [0.2, 0.25) is 0 Å². The van der Waals surface area contributed by atoms with Crippen molar-refractivity contribution in [3.8, 4) is 11.5 Å². The van der Waals surface area contributed by atoms with Crippen LogP contribution < -0.4 is 9.47 Å². The topological polar surface area (TPSA) is 43.3 Å². The average Bonchev–Trinajstić information content (AvgIpc) is 2.59. The van der Waals surface area contributed by atoms with Gasteiger partial charge in [-0.3, -0.25) is 4.90 Å². The fourth-order valence-corrected chi connectivity index (χ4v) is 2.78. The summed E-state index contributed by atoms with van der Waals surface area (Å²) in [6, 6.07) is 7.69. The molecule has 0 aliphatic carbocycles. The summed E-state index contributed by atoms with van der Waals surface area (Å²) in [5.74, 6) is 1.55. The minimum absolute atomic E-state index is 0.176. The maximum atomic E-state index is 5.89. The highest BCUT2D eigenvalue weighted by atomic mass is 16.6. The SMILES string of the molecule is C/C(=N\OCCN1CCCCC1)C1COc2ccccc2O1. The van der Waals surface area contributed by atoms with Crippen molar-refractivity contribution in [3.05, 3.63) is 24.3 Å². The molecule has 3 rings (SSSR count). The van der Waals surface area contributed by atoms with E-state index in [4.69, 9.17) is 14.3 Å². The Morgan fingerprint density at radius 3 is 2.82 bits per heavy atom. The van der Waals surface area contributed by atoms with E-state index < -0.39 is 0 Å². The van der Waals surface area contributed by atoms with Crippen molar-refractivity contribution >= 4 is 5.71 Å². The molecule has 1 aromatic carbocycles. The van der Waals surface area contributed by atoms with Crippen molar-refractivity contribution in [1.29, 1.82) is 0 Å². The third-order valence-corrected chi connectivity index (χ3v) is 4.13. The Labute approximate surface area is 131 Å². The first-order valence-electron chi connectivity index (χ1n) is 8.10. The first-order valence-corrected chi connectivity index (χ1v) is 8.10. The predicted octanol–water partition coefficient (Wildman–Crippen LogP) is 2.70. The number of benzene rings is 1. The quantitative estimate of drug-likeness (QED) is 0.476. The summed E-state index contributed by atoms with van der Waals surface area (Å²) in [6.07, 6.45) is 3.78. The molecule has 0 amide bonds. The Morgan fingerprint density at radius 1 is 1.23 bits per heavy atom. The summed E-state index contributed by atoms with van der Waals surface area (Å²) in [7, 11) is 0. The van der Waals surface area contributed by atoms with Crippen LogP contribution >= 0.6 is 0 Å². The molecule has 5 nitrogen and oxygen atoms in total. The molecule has 1 atom stereocenters. The van der Waals surface area contributed by atoms with Crippen LogP contribution in [0.25, 0.3) is 0 Å². The summed E-state index contributed by atoms with van der Waals surface area (Å²) in [5.41, 5.74) is 0.813. The Bertz CT molecular complexity index is 512. The van der Waals surface area contributed by atoms with Crippen molar-refractivity contribution < 1.29 is 14.3 Å². The van der Waals surface area contributed by atoms with Gasteiger partial charge in [0.1, 0.15) is 13.2 Å². The monoisotopic (exact) mass is 304 g/mol. The van der Waals surface area contributed by atoms with Gasteiger partial charge in [-0.25, -0.2) is 0 Å². The second-order valence-corrected chi connectivity index (χ2v) is 5.83. The second kappa shape index (κ2) is 7.49. The van der Waals surface area contributed by atoms with Crippen LogP contribution in [0.4, 0.5) is 0 Å². The molecule has 120 valence electrons. The minimum Gasteiger partial charge on any atom is -0.485 e. The van der Waals surface area contributed by atoms with Crippen molar-refractivity contribution in [2.24, 2.45) is 5.16 Å². The number of oxime groups is 1. The number of hydrogen-bond donors (Lipinski definition) is 0. The molecule has 0 bridgehead atoms. The first-order chi connectivity index (χ1) is 10.8. The van der Waals surface area contributed by atoms with E-state index in [2.05, 4.69) is 10.1 Å². The van der Waals surface area contributed by atoms with Gasteiger partial charge in [-0.05, 0) is 45.0 Å². The third kappa shape index (κ3) is 3.91. The van der Waals surface area contributed by atoms with Gasteiger partial charge in [-0.1, -0.05) is 23.7 Å². The molecule has 1 fully saturated rings. The molecular weight excluding hydrogens is 280 g/mol. The molecule has 0 saturated carbocycles. The van der Waals surface area contributed by atoms with Crippen molar-refractivity contribution in [2.75, 3.05) is 32.8 Å². The van der Waals surface area contributed by atoms with Gasteiger partial charge in [0.25, 0.3) is 0 Å². The Morgan fingerprint density at radius 2 is 2.00 bits per heavy atom. The lowest BCUT2D eigenvalue weighted by Gasteiger charge is -2.26. The number of fused-ring (bicyclic) bond motifs is 1. The number of hydrogen-bond acceptors (Lipinski definition) is 5. The Hall–Kier alpha value is -1.75. The molecular formula is C17H24N2O3. The predicted molar refractivity (Wildman–Crippen MR) is 85.7 cm³/mol. The minimum atomic E-state index is -0.176. The summed E-state index contributed by atoms with van der Waals surface area (Å²) in [6.45, 7) is 6.33. The largest absolute Gasteiger partial charge is 0.485 e. The highest BCUT2D eigenvalue weighted by Crippen LogP contribution is 2.31. The lowest BCUT2D eigenvalue weighted by Crippen LogP contribution is -2.35. The first kappa shape index (κ1) is 15.2. The average molecular weight is 304 g/mol. The number of rotatable bonds is 5. The molecule has 2 aliphatic rings. The number of ether oxygens (including phenoxy) is 2. The van der Waals surface area contributed by atoms with Crippen LogP contribution in [0, 0.1) is 0 Å². The Kier molecular flexibility index (Phi) is 5.16. The van der Waals surface area contributed by atoms with Crippen LogP contribution in [-0.2, 0) is 4.84 Å². The maximum absolute atomic E-state index is 5.89. The number of para-hydroxylation sites is 2. The molecule has 22 heavy (non-hydrogen) atoms. The number of piperidine rings is 1. The zero-order valence-corrected chi connectivity index (χ0v) is 13.2.